The van der Waals surface area contributed by atoms with Crippen LogP contribution in [-0.4, -0.2) is 40.1 Å². The Balaban J connectivity index is 1.99. The van der Waals surface area contributed by atoms with E-state index in [4.69, 9.17) is 9.84 Å². The molecule has 0 radical (unpaired) electrons. The Bertz CT molecular complexity index is 592. The van der Waals surface area contributed by atoms with Gasteiger partial charge in [0.05, 0.1) is 18.6 Å². The van der Waals surface area contributed by atoms with Crippen molar-refractivity contribution in [2.24, 2.45) is 5.92 Å². The molecule has 0 aliphatic heterocycles. The standard InChI is InChI=1S/C21H32O5/c1-14-8-15(2)21(17(9-14)10-16-6-4-3-5-7-16)26-13-19(23)11-18(22)12-20(24)25/h8-9,16,18-19,22-23H,3-7,10-13H2,1-2H3,(H,24,25)/t18-,19+/m1/s1. The molecule has 1 saturated carbocycles. The summed E-state index contributed by atoms with van der Waals surface area (Å²) in [6.07, 6.45) is 5.11. The van der Waals surface area contributed by atoms with Crippen molar-refractivity contribution in [1.29, 1.82) is 0 Å². The lowest BCUT2D eigenvalue weighted by molar-refractivity contribution is -0.139. The maximum atomic E-state index is 10.6. The molecule has 5 heteroatoms. The minimum Gasteiger partial charge on any atom is -0.490 e. The Morgan fingerprint density at radius 2 is 1.85 bits per heavy atom. The molecule has 0 bridgehead atoms. The number of aliphatic hydroxyl groups is 2. The van der Waals surface area contributed by atoms with Crippen molar-refractivity contribution in [3.05, 3.63) is 28.8 Å². The summed E-state index contributed by atoms with van der Waals surface area (Å²) in [5.41, 5.74) is 3.44. The van der Waals surface area contributed by atoms with E-state index in [1.54, 1.807) is 0 Å². The average Bonchev–Trinajstić information content (AvgIpc) is 2.54. The molecule has 0 heterocycles. The molecule has 5 nitrogen and oxygen atoms in total. The molecule has 2 atom stereocenters. The summed E-state index contributed by atoms with van der Waals surface area (Å²) in [7, 11) is 0. The fourth-order valence-corrected chi connectivity index (χ4v) is 3.95. The van der Waals surface area contributed by atoms with Gasteiger partial charge in [-0.25, -0.2) is 0 Å². The molecule has 0 amide bonds. The number of carbonyl (C=O) groups is 1. The molecule has 1 aliphatic rings. The maximum Gasteiger partial charge on any atom is 0.305 e. The van der Waals surface area contributed by atoms with E-state index < -0.39 is 18.2 Å². The summed E-state index contributed by atoms with van der Waals surface area (Å²) < 4.78 is 5.92. The van der Waals surface area contributed by atoms with Gasteiger partial charge in [0.25, 0.3) is 0 Å². The first-order valence-electron chi connectivity index (χ1n) is 9.66. The molecule has 0 spiro atoms. The zero-order chi connectivity index (χ0) is 19.1. The summed E-state index contributed by atoms with van der Waals surface area (Å²) >= 11 is 0. The molecule has 1 aromatic rings. The molecule has 3 N–H and O–H groups in total. The summed E-state index contributed by atoms with van der Waals surface area (Å²) in [5.74, 6) is 0.442. The Morgan fingerprint density at radius 1 is 1.15 bits per heavy atom. The van der Waals surface area contributed by atoms with E-state index in [1.165, 1.54) is 43.2 Å². The van der Waals surface area contributed by atoms with Gasteiger partial charge in [0.2, 0.25) is 0 Å². The van der Waals surface area contributed by atoms with Crippen molar-refractivity contribution in [2.75, 3.05) is 6.61 Å². The number of hydrogen-bond donors (Lipinski definition) is 3. The van der Waals surface area contributed by atoms with Gasteiger partial charge in [-0.2, -0.15) is 0 Å². The van der Waals surface area contributed by atoms with E-state index in [2.05, 4.69) is 19.1 Å². The number of aliphatic hydroxyl groups excluding tert-OH is 2. The third-order valence-corrected chi connectivity index (χ3v) is 5.10. The first kappa shape index (κ1) is 20.7. The average molecular weight is 364 g/mol. The summed E-state index contributed by atoms with van der Waals surface area (Å²) in [4.78, 5) is 10.6. The molecule has 1 aliphatic carbocycles. The van der Waals surface area contributed by atoms with E-state index in [0.29, 0.717) is 5.92 Å². The molecule has 1 aromatic carbocycles. The van der Waals surface area contributed by atoms with Crippen LogP contribution >= 0.6 is 0 Å². The van der Waals surface area contributed by atoms with Crippen molar-refractivity contribution in [3.8, 4) is 5.75 Å². The molecule has 0 aromatic heterocycles. The van der Waals surface area contributed by atoms with Gasteiger partial charge < -0.3 is 20.1 Å². The van der Waals surface area contributed by atoms with Gasteiger partial charge in [-0.15, -0.1) is 0 Å². The van der Waals surface area contributed by atoms with E-state index >= 15 is 0 Å². The lowest BCUT2D eigenvalue weighted by Gasteiger charge is -2.24. The second kappa shape index (κ2) is 9.93. The van der Waals surface area contributed by atoms with Crippen molar-refractivity contribution >= 4 is 5.97 Å². The number of rotatable bonds is 9. The van der Waals surface area contributed by atoms with Crippen LogP contribution in [0, 0.1) is 19.8 Å². The van der Waals surface area contributed by atoms with Gasteiger partial charge in [-0.1, -0.05) is 49.8 Å². The van der Waals surface area contributed by atoms with Crippen LogP contribution in [-0.2, 0) is 11.2 Å². The summed E-state index contributed by atoms with van der Waals surface area (Å²) in [6, 6.07) is 4.24. The normalized spacial score (nSPS) is 17.7. The number of carboxylic acids is 1. The van der Waals surface area contributed by atoms with Crippen LogP contribution in [0.1, 0.15) is 61.6 Å². The minimum absolute atomic E-state index is 0.00479. The molecule has 0 saturated heterocycles. The van der Waals surface area contributed by atoms with E-state index in [1.807, 2.05) is 6.92 Å². The lowest BCUT2D eigenvalue weighted by atomic mass is 9.84. The quantitative estimate of drug-likeness (QED) is 0.625. The van der Waals surface area contributed by atoms with Crippen LogP contribution in [0.15, 0.2) is 12.1 Å². The fourth-order valence-electron chi connectivity index (χ4n) is 3.95. The SMILES string of the molecule is Cc1cc(C)c(OC[C@@H](O)C[C@@H](O)CC(=O)O)c(CC2CCCCC2)c1. The van der Waals surface area contributed by atoms with Gasteiger partial charge in [0.1, 0.15) is 12.4 Å². The smallest absolute Gasteiger partial charge is 0.305 e. The number of carboxylic acid groups (broad SMARTS) is 1. The molecule has 2 rings (SSSR count). The number of aliphatic carboxylic acids is 1. The van der Waals surface area contributed by atoms with E-state index in [-0.39, 0.29) is 19.4 Å². The Morgan fingerprint density at radius 3 is 2.50 bits per heavy atom. The molecule has 0 unspecified atom stereocenters. The van der Waals surface area contributed by atoms with Gasteiger partial charge in [0, 0.05) is 6.42 Å². The summed E-state index contributed by atoms with van der Waals surface area (Å²) in [5, 5.41) is 28.4. The number of aryl methyl sites for hydroxylation is 2. The van der Waals surface area contributed by atoms with Crippen LogP contribution in [0.5, 0.6) is 5.75 Å². The predicted molar refractivity (Wildman–Crippen MR) is 101 cm³/mol. The summed E-state index contributed by atoms with van der Waals surface area (Å²) in [6.45, 7) is 4.15. The molecule has 1 fully saturated rings. The number of hydrogen-bond acceptors (Lipinski definition) is 4. The Kier molecular flexibility index (Phi) is 7.91. The first-order chi connectivity index (χ1) is 12.3. The van der Waals surface area contributed by atoms with Crippen LogP contribution in [0.25, 0.3) is 0 Å². The third-order valence-electron chi connectivity index (χ3n) is 5.10. The maximum absolute atomic E-state index is 10.6. The van der Waals surface area contributed by atoms with Crippen molar-refractivity contribution in [3.63, 3.8) is 0 Å². The largest absolute Gasteiger partial charge is 0.490 e. The predicted octanol–water partition coefficient (Wildman–Crippen LogP) is 3.39. The van der Waals surface area contributed by atoms with Crippen LogP contribution in [0.2, 0.25) is 0 Å². The van der Waals surface area contributed by atoms with Gasteiger partial charge in [0.15, 0.2) is 0 Å². The molecule has 26 heavy (non-hydrogen) atoms. The van der Waals surface area contributed by atoms with Crippen LogP contribution in [0.3, 0.4) is 0 Å². The Hall–Kier alpha value is -1.59. The zero-order valence-electron chi connectivity index (χ0n) is 15.9. The first-order valence-corrected chi connectivity index (χ1v) is 9.66. The van der Waals surface area contributed by atoms with Crippen molar-refractivity contribution < 1.29 is 24.9 Å². The highest BCUT2D eigenvalue weighted by Crippen LogP contribution is 2.33. The molecule has 146 valence electrons. The zero-order valence-corrected chi connectivity index (χ0v) is 15.9. The highest BCUT2D eigenvalue weighted by atomic mass is 16.5. The van der Waals surface area contributed by atoms with Crippen molar-refractivity contribution in [2.45, 2.75) is 77.4 Å². The highest BCUT2D eigenvalue weighted by Gasteiger charge is 2.20. The highest BCUT2D eigenvalue weighted by molar-refractivity contribution is 5.67. The number of ether oxygens (including phenoxy) is 1. The molecular formula is C21H32O5. The number of benzene rings is 1. The second-order valence-electron chi connectivity index (χ2n) is 7.73. The minimum atomic E-state index is -1.07. The topological polar surface area (TPSA) is 87.0 Å². The fraction of sp³-hybridized carbons (Fsp3) is 0.667. The third kappa shape index (κ3) is 6.61. The lowest BCUT2D eigenvalue weighted by Crippen LogP contribution is -2.26. The van der Waals surface area contributed by atoms with Gasteiger partial charge >= 0.3 is 5.97 Å². The van der Waals surface area contributed by atoms with Crippen molar-refractivity contribution in [1.82, 2.24) is 0 Å². The molecular weight excluding hydrogens is 332 g/mol. The van der Waals surface area contributed by atoms with Crippen LogP contribution < -0.4 is 4.74 Å². The second-order valence-corrected chi connectivity index (χ2v) is 7.73. The Labute approximate surface area is 156 Å². The van der Waals surface area contributed by atoms with Gasteiger partial charge in [-0.3, -0.25) is 4.79 Å². The van der Waals surface area contributed by atoms with E-state index in [9.17, 15) is 15.0 Å². The van der Waals surface area contributed by atoms with Gasteiger partial charge in [-0.05, 0) is 37.3 Å². The van der Waals surface area contributed by atoms with E-state index in [0.717, 1.165) is 17.7 Å². The van der Waals surface area contributed by atoms with Crippen LogP contribution in [0.4, 0.5) is 0 Å². The monoisotopic (exact) mass is 364 g/mol.